The van der Waals surface area contributed by atoms with Gasteiger partial charge in [-0.15, -0.1) is 0 Å². The molecule has 0 unspecified atom stereocenters. The fraction of sp³-hybridized carbons (Fsp3) is 0.235. The third-order valence-electron chi connectivity index (χ3n) is 3.18. The summed E-state index contributed by atoms with van der Waals surface area (Å²) in [6.45, 7) is 2.94. The smallest absolute Gasteiger partial charge is 0.324 e. The zero-order valence-corrected chi connectivity index (χ0v) is 14.5. The number of nitrogens with zero attached hydrogens (tertiary/aromatic N) is 1. The first kappa shape index (κ1) is 18.7. The number of aliphatic carboxylic acids is 1. The highest BCUT2D eigenvalue weighted by atomic mass is 32.2. The van der Waals surface area contributed by atoms with Gasteiger partial charge in [-0.2, -0.15) is 0 Å². The van der Waals surface area contributed by atoms with Crippen LogP contribution in [0.15, 0.2) is 53.4 Å². The Labute approximate surface area is 145 Å². The summed E-state index contributed by atoms with van der Waals surface area (Å²) >= 11 is 0. The molecule has 8 heteroatoms. The van der Waals surface area contributed by atoms with Crippen LogP contribution < -0.4 is 9.04 Å². The normalized spacial score (nSPS) is 11.4. The van der Waals surface area contributed by atoms with Crippen LogP contribution in [0.2, 0.25) is 0 Å². The van der Waals surface area contributed by atoms with Gasteiger partial charge in [-0.05, 0) is 62.4 Å². The number of hydrogen-bond acceptors (Lipinski definition) is 4. The molecule has 0 aliphatic carbocycles. The molecule has 6 nitrogen and oxygen atoms in total. The standard InChI is InChI=1S/C17H18FNO5S/c1-12(2)24-15-7-5-14(6-8-15)19(11-17(20)21)25(22,23)16-9-3-13(18)4-10-16/h3-10,12H,11H2,1-2H3,(H,20,21). The largest absolute Gasteiger partial charge is 0.491 e. The third-order valence-corrected chi connectivity index (χ3v) is 4.97. The second-order valence-electron chi connectivity index (χ2n) is 5.52. The molecule has 0 saturated carbocycles. The van der Waals surface area contributed by atoms with Gasteiger partial charge in [0.15, 0.2) is 0 Å². The summed E-state index contributed by atoms with van der Waals surface area (Å²) < 4.78 is 44.8. The lowest BCUT2D eigenvalue weighted by Gasteiger charge is -2.23. The molecular formula is C17H18FNO5S. The van der Waals surface area contributed by atoms with Crippen LogP contribution >= 0.6 is 0 Å². The second kappa shape index (κ2) is 7.52. The number of benzene rings is 2. The predicted octanol–water partition coefficient (Wildman–Crippen LogP) is 2.89. The molecular weight excluding hydrogens is 349 g/mol. The number of carbonyl (C=O) groups is 1. The Bertz CT molecular complexity index is 832. The lowest BCUT2D eigenvalue weighted by molar-refractivity contribution is -0.135. The van der Waals surface area contributed by atoms with Crippen LogP contribution in [0.5, 0.6) is 5.75 Å². The molecule has 0 aliphatic heterocycles. The summed E-state index contributed by atoms with van der Waals surface area (Å²) in [4.78, 5) is 10.9. The van der Waals surface area contributed by atoms with Crippen molar-refractivity contribution in [1.82, 2.24) is 0 Å². The second-order valence-corrected chi connectivity index (χ2v) is 7.38. The number of halogens is 1. The summed E-state index contributed by atoms with van der Waals surface area (Å²) in [5, 5.41) is 9.08. The van der Waals surface area contributed by atoms with E-state index in [0.29, 0.717) is 5.75 Å². The molecule has 25 heavy (non-hydrogen) atoms. The minimum atomic E-state index is -4.16. The van der Waals surface area contributed by atoms with E-state index in [-0.39, 0.29) is 16.7 Å². The van der Waals surface area contributed by atoms with Crippen LogP contribution in [0.4, 0.5) is 10.1 Å². The molecule has 0 saturated heterocycles. The number of sulfonamides is 1. The van der Waals surface area contributed by atoms with Gasteiger partial charge in [0.2, 0.25) is 0 Å². The first-order valence-electron chi connectivity index (χ1n) is 7.47. The van der Waals surface area contributed by atoms with Crippen molar-refractivity contribution in [3.8, 4) is 5.75 Å². The van der Waals surface area contributed by atoms with Crippen molar-refractivity contribution < 1.29 is 27.4 Å². The van der Waals surface area contributed by atoms with Gasteiger partial charge >= 0.3 is 5.97 Å². The molecule has 0 bridgehead atoms. The van der Waals surface area contributed by atoms with Gasteiger partial charge in [-0.1, -0.05) is 0 Å². The maximum atomic E-state index is 13.0. The molecule has 134 valence electrons. The number of ether oxygens (including phenoxy) is 1. The van der Waals surface area contributed by atoms with Gasteiger partial charge < -0.3 is 9.84 Å². The summed E-state index contributed by atoms with van der Waals surface area (Å²) in [7, 11) is -4.16. The van der Waals surface area contributed by atoms with Crippen LogP contribution in [-0.4, -0.2) is 32.1 Å². The minimum Gasteiger partial charge on any atom is -0.491 e. The molecule has 0 radical (unpaired) electrons. The van der Waals surface area contributed by atoms with Gasteiger partial charge in [0.05, 0.1) is 16.7 Å². The maximum Gasteiger partial charge on any atom is 0.324 e. The number of anilines is 1. The van der Waals surface area contributed by atoms with E-state index < -0.39 is 28.4 Å². The SMILES string of the molecule is CC(C)Oc1ccc(N(CC(=O)O)S(=O)(=O)c2ccc(F)cc2)cc1. The summed E-state index contributed by atoms with van der Waals surface area (Å²) in [5.74, 6) is -1.36. The average molecular weight is 367 g/mol. The van der Waals surface area contributed by atoms with E-state index >= 15 is 0 Å². The van der Waals surface area contributed by atoms with Crippen LogP contribution in [0.3, 0.4) is 0 Å². The fourth-order valence-electron chi connectivity index (χ4n) is 2.13. The monoisotopic (exact) mass is 367 g/mol. The lowest BCUT2D eigenvalue weighted by Crippen LogP contribution is -2.35. The molecule has 2 aromatic carbocycles. The van der Waals surface area contributed by atoms with Crippen molar-refractivity contribution in [1.29, 1.82) is 0 Å². The predicted molar refractivity (Wildman–Crippen MR) is 90.8 cm³/mol. The fourth-order valence-corrected chi connectivity index (χ4v) is 3.55. The van der Waals surface area contributed by atoms with Gasteiger partial charge in [0.1, 0.15) is 18.1 Å². The summed E-state index contributed by atoms with van der Waals surface area (Å²) in [5.41, 5.74) is 0.169. The van der Waals surface area contributed by atoms with Crippen LogP contribution in [0, 0.1) is 5.82 Å². The Morgan fingerprint density at radius 3 is 2.16 bits per heavy atom. The van der Waals surface area contributed by atoms with Crippen LogP contribution in [0.25, 0.3) is 0 Å². The van der Waals surface area contributed by atoms with E-state index in [9.17, 15) is 17.6 Å². The molecule has 0 heterocycles. The molecule has 1 N–H and O–H groups in total. The van der Waals surface area contributed by atoms with Crippen molar-refractivity contribution in [3.05, 3.63) is 54.3 Å². The maximum absolute atomic E-state index is 13.0. The Kier molecular flexibility index (Phi) is 5.63. The Hall–Kier alpha value is -2.61. The molecule has 0 aliphatic rings. The van der Waals surface area contributed by atoms with Gasteiger partial charge in [-0.25, -0.2) is 12.8 Å². The average Bonchev–Trinajstić information content (AvgIpc) is 2.53. The molecule has 0 amide bonds. The molecule has 0 fully saturated rings. The Morgan fingerprint density at radius 1 is 1.12 bits per heavy atom. The van der Waals surface area contributed by atoms with Crippen molar-refractivity contribution >= 4 is 21.7 Å². The minimum absolute atomic E-state index is 0.0519. The topological polar surface area (TPSA) is 83.9 Å². The summed E-state index contributed by atoms with van der Waals surface area (Å²) in [6.07, 6.45) is -0.0519. The first-order valence-corrected chi connectivity index (χ1v) is 8.91. The third kappa shape index (κ3) is 4.69. The van der Waals surface area contributed by atoms with E-state index in [0.717, 1.165) is 28.6 Å². The zero-order valence-electron chi connectivity index (χ0n) is 13.7. The lowest BCUT2D eigenvalue weighted by atomic mass is 10.3. The van der Waals surface area contributed by atoms with E-state index in [1.807, 2.05) is 13.8 Å². The number of hydrogen-bond donors (Lipinski definition) is 1. The van der Waals surface area contributed by atoms with E-state index in [1.165, 1.54) is 12.1 Å². The van der Waals surface area contributed by atoms with Gasteiger partial charge in [0.25, 0.3) is 10.0 Å². The van der Waals surface area contributed by atoms with Gasteiger partial charge in [0, 0.05) is 0 Å². The highest BCUT2D eigenvalue weighted by Crippen LogP contribution is 2.26. The first-order chi connectivity index (χ1) is 11.7. The Balaban J connectivity index is 2.41. The molecule has 0 aromatic heterocycles. The zero-order chi connectivity index (χ0) is 18.6. The van der Waals surface area contributed by atoms with Gasteiger partial charge in [-0.3, -0.25) is 9.10 Å². The highest BCUT2D eigenvalue weighted by molar-refractivity contribution is 7.92. The number of rotatable bonds is 7. The molecule has 2 rings (SSSR count). The van der Waals surface area contributed by atoms with Crippen molar-refractivity contribution in [2.45, 2.75) is 24.8 Å². The Morgan fingerprint density at radius 2 is 1.68 bits per heavy atom. The molecule has 0 atom stereocenters. The van der Waals surface area contributed by atoms with E-state index in [2.05, 4.69) is 0 Å². The summed E-state index contributed by atoms with van der Waals surface area (Å²) in [6, 6.07) is 10.2. The number of carboxylic acids is 1. The van der Waals surface area contributed by atoms with Crippen molar-refractivity contribution in [3.63, 3.8) is 0 Å². The molecule has 2 aromatic rings. The van der Waals surface area contributed by atoms with E-state index in [1.54, 1.807) is 12.1 Å². The quantitative estimate of drug-likeness (QED) is 0.813. The number of carboxylic acid groups (broad SMARTS) is 1. The van der Waals surface area contributed by atoms with Crippen LogP contribution in [0.1, 0.15) is 13.8 Å². The van der Waals surface area contributed by atoms with Crippen LogP contribution in [-0.2, 0) is 14.8 Å². The highest BCUT2D eigenvalue weighted by Gasteiger charge is 2.27. The van der Waals surface area contributed by atoms with E-state index in [4.69, 9.17) is 9.84 Å². The van der Waals surface area contributed by atoms with Crippen molar-refractivity contribution in [2.75, 3.05) is 10.8 Å². The molecule has 0 spiro atoms. The van der Waals surface area contributed by atoms with Crippen molar-refractivity contribution in [2.24, 2.45) is 0 Å².